The van der Waals surface area contributed by atoms with Crippen LogP contribution in [0.2, 0.25) is 5.02 Å². The molecule has 6 heteroatoms. The number of rotatable bonds is 5. The van der Waals surface area contributed by atoms with E-state index in [-0.39, 0.29) is 5.91 Å². The molecule has 1 amide bonds. The third-order valence-electron chi connectivity index (χ3n) is 4.13. The van der Waals surface area contributed by atoms with Crippen LogP contribution in [0, 0.1) is 0 Å². The highest BCUT2D eigenvalue weighted by molar-refractivity contribution is 7.99. The summed E-state index contributed by atoms with van der Waals surface area (Å²) in [6.45, 7) is 3.58. The summed E-state index contributed by atoms with van der Waals surface area (Å²) < 4.78 is 0. The number of benzene rings is 2. The third-order valence-corrected chi connectivity index (χ3v) is 5.50. The molecule has 1 aliphatic heterocycles. The molecule has 2 aromatic rings. The molecule has 3 rings (SSSR count). The van der Waals surface area contributed by atoms with Gasteiger partial charge in [0, 0.05) is 38.2 Å². The van der Waals surface area contributed by atoms with Crippen LogP contribution in [0.5, 0.6) is 0 Å². The lowest BCUT2D eigenvalue weighted by molar-refractivity contribution is 0.0952. The number of carbonyl (C=O) groups excluding carboxylic acids is 1. The Morgan fingerprint density at radius 1 is 1.19 bits per heavy atom. The Kier molecular flexibility index (Phi) is 6.01. The van der Waals surface area contributed by atoms with E-state index in [2.05, 4.69) is 10.2 Å². The molecule has 0 aromatic heterocycles. The van der Waals surface area contributed by atoms with Gasteiger partial charge in [-0.3, -0.25) is 9.79 Å². The summed E-state index contributed by atoms with van der Waals surface area (Å²) in [5, 5.41) is 3.67. The van der Waals surface area contributed by atoms with Crippen LogP contribution in [-0.4, -0.2) is 43.7 Å². The van der Waals surface area contributed by atoms with Gasteiger partial charge in [-0.15, -0.1) is 0 Å². The van der Waals surface area contributed by atoms with Gasteiger partial charge in [0.2, 0.25) is 0 Å². The summed E-state index contributed by atoms with van der Waals surface area (Å²) >= 11 is 7.78. The summed E-state index contributed by atoms with van der Waals surface area (Å²) in [5.74, 6) is -0.0609. The lowest BCUT2D eigenvalue weighted by atomic mass is 10.1. The van der Waals surface area contributed by atoms with E-state index >= 15 is 0 Å². The molecule has 0 atom stereocenters. The molecule has 0 fully saturated rings. The smallest absolute Gasteiger partial charge is 0.251 e. The van der Waals surface area contributed by atoms with Gasteiger partial charge in [0.15, 0.2) is 0 Å². The van der Waals surface area contributed by atoms with Gasteiger partial charge in [-0.05, 0) is 70.4 Å². The van der Waals surface area contributed by atoms with Crippen molar-refractivity contribution in [3.05, 3.63) is 52.5 Å². The lowest BCUT2D eigenvalue weighted by Gasteiger charge is -2.10. The lowest BCUT2D eigenvalue weighted by Crippen LogP contribution is -2.27. The molecule has 0 saturated carbocycles. The van der Waals surface area contributed by atoms with E-state index in [9.17, 15) is 4.79 Å². The summed E-state index contributed by atoms with van der Waals surface area (Å²) in [7, 11) is 4.05. The second kappa shape index (κ2) is 8.25. The largest absolute Gasteiger partial charge is 0.352 e. The number of fused-ring (bicyclic) bond motifs is 2. The summed E-state index contributed by atoms with van der Waals surface area (Å²) in [6, 6.07) is 11.5. The molecular formula is C20H22ClN3OS. The van der Waals surface area contributed by atoms with Crippen LogP contribution < -0.4 is 5.32 Å². The monoisotopic (exact) mass is 387 g/mol. The fraction of sp³-hybridized carbons (Fsp3) is 0.300. The fourth-order valence-corrected chi connectivity index (χ4v) is 3.97. The zero-order chi connectivity index (χ0) is 18.7. The average Bonchev–Trinajstić information content (AvgIpc) is 2.74. The van der Waals surface area contributed by atoms with E-state index in [4.69, 9.17) is 16.6 Å². The Morgan fingerprint density at radius 3 is 2.73 bits per heavy atom. The predicted molar refractivity (Wildman–Crippen MR) is 109 cm³/mol. The van der Waals surface area contributed by atoms with Gasteiger partial charge >= 0.3 is 0 Å². The van der Waals surface area contributed by atoms with Gasteiger partial charge in [-0.1, -0.05) is 23.4 Å². The SMILES string of the molecule is CC1=Nc2cc(C(=O)NCCCN(C)C)ccc2Sc2ccc(Cl)cc21. The number of aliphatic imine (C=N–C) groups is 1. The molecule has 4 nitrogen and oxygen atoms in total. The zero-order valence-corrected chi connectivity index (χ0v) is 16.7. The number of hydrogen-bond acceptors (Lipinski definition) is 4. The van der Waals surface area contributed by atoms with Crippen molar-refractivity contribution < 1.29 is 4.79 Å². The maximum absolute atomic E-state index is 12.4. The molecule has 0 spiro atoms. The third kappa shape index (κ3) is 4.47. The number of carbonyl (C=O) groups is 1. The van der Waals surface area contributed by atoms with E-state index in [1.807, 2.05) is 57.4 Å². The maximum Gasteiger partial charge on any atom is 0.251 e. The number of nitrogens with zero attached hydrogens (tertiary/aromatic N) is 2. The average molecular weight is 388 g/mol. The highest BCUT2D eigenvalue weighted by Crippen LogP contribution is 2.41. The Balaban J connectivity index is 1.80. The zero-order valence-electron chi connectivity index (χ0n) is 15.2. The summed E-state index contributed by atoms with van der Waals surface area (Å²) in [5.41, 5.74) is 3.39. The molecule has 0 unspecified atom stereocenters. The van der Waals surface area contributed by atoms with Gasteiger partial charge < -0.3 is 10.2 Å². The van der Waals surface area contributed by atoms with Crippen LogP contribution in [0.3, 0.4) is 0 Å². The van der Waals surface area contributed by atoms with Gasteiger partial charge in [0.1, 0.15) is 0 Å². The highest BCUT2D eigenvalue weighted by Gasteiger charge is 2.17. The Hall–Kier alpha value is -1.82. The highest BCUT2D eigenvalue weighted by atomic mass is 35.5. The number of halogens is 1. The molecule has 26 heavy (non-hydrogen) atoms. The molecule has 0 aliphatic carbocycles. The van der Waals surface area contributed by atoms with Gasteiger partial charge in [-0.25, -0.2) is 0 Å². The predicted octanol–water partition coefficient (Wildman–Crippen LogP) is 4.63. The maximum atomic E-state index is 12.4. The van der Waals surface area contributed by atoms with Gasteiger partial charge in [-0.2, -0.15) is 0 Å². The molecular weight excluding hydrogens is 366 g/mol. The van der Waals surface area contributed by atoms with Crippen molar-refractivity contribution in [1.29, 1.82) is 0 Å². The second-order valence-electron chi connectivity index (χ2n) is 6.53. The molecule has 1 aliphatic rings. The number of nitrogens with one attached hydrogen (secondary N) is 1. The number of amides is 1. The standard InChI is InChI=1S/C20H22ClN3OS/c1-13-16-12-15(21)6-8-18(16)26-19-7-5-14(11-17(19)23-13)20(25)22-9-4-10-24(2)3/h5-8,11-12H,4,9-10H2,1-3H3,(H,22,25). The van der Waals surface area contributed by atoms with E-state index in [1.54, 1.807) is 11.8 Å². The summed E-state index contributed by atoms with van der Waals surface area (Å²) in [4.78, 5) is 21.4. The van der Waals surface area contributed by atoms with Crippen molar-refractivity contribution >= 4 is 40.7 Å². The van der Waals surface area contributed by atoms with Crippen LogP contribution in [0.15, 0.2) is 51.2 Å². The molecule has 0 saturated heterocycles. The number of hydrogen-bond donors (Lipinski definition) is 1. The van der Waals surface area contributed by atoms with Crippen LogP contribution in [0.25, 0.3) is 0 Å². The molecule has 2 aromatic carbocycles. The Morgan fingerprint density at radius 2 is 1.96 bits per heavy atom. The van der Waals surface area contributed by atoms with Crippen LogP contribution >= 0.6 is 23.4 Å². The van der Waals surface area contributed by atoms with Crippen molar-refractivity contribution in [2.75, 3.05) is 27.2 Å². The molecule has 0 radical (unpaired) electrons. The molecule has 136 valence electrons. The van der Waals surface area contributed by atoms with E-state index in [0.29, 0.717) is 17.1 Å². The van der Waals surface area contributed by atoms with Crippen LogP contribution in [0.1, 0.15) is 29.3 Å². The van der Waals surface area contributed by atoms with Crippen molar-refractivity contribution in [3.8, 4) is 0 Å². The molecule has 1 N–H and O–H groups in total. The first kappa shape index (κ1) is 19.0. The first-order valence-corrected chi connectivity index (χ1v) is 9.73. The minimum absolute atomic E-state index is 0.0609. The normalized spacial score (nSPS) is 12.9. The van der Waals surface area contributed by atoms with Crippen LogP contribution in [0.4, 0.5) is 5.69 Å². The fourth-order valence-electron chi connectivity index (χ4n) is 2.76. The van der Waals surface area contributed by atoms with Crippen molar-refractivity contribution in [3.63, 3.8) is 0 Å². The van der Waals surface area contributed by atoms with E-state index < -0.39 is 0 Å². The Labute approximate surface area is 163 Å². The van der Waals surface area contributed by atoms with Gasteiger partial charge in [0.05, 0.1) is 5.69 Å². The van der Waals surface area contributed by atoms with Crippen LogP contribution in [-0.2, 0) is 0 Å². The van der Waals surface area contributed by atoms with E-state index in [1.165, 1.54) is 0 Å². The first-order valence-electron chi connectivity index (χ1n) is 8.54. The molecule has 1 heterocycles. The minimum atomic E-state index is -0.0609. The first-order chi connectivity index (χ1) is 12.4. The molecule has 0 bridgehead atoms. The van der Waals surface area contributed by atoms with Crippen molar-refractivity contribution in [1.82, 2.24) is 10.2 Å². The minimum Gasteiger partial charge on any atom is -0.352 e. The second-order valence-corrected chi connectivity index (χ2v) is 8.06. The quantitative estimate of drug-likeness (QED) is 0.761. The Bertz CT molecular complexity index is 864. The summed E-state index contributed by atoms with van der Waals surface area (Å²) in [6.07, 6.45) is 0.923. The van der Waals surface area contributed by atoms with E-state index in [0.717, 1.165) is 39.7 Å². The van der Waals surface area contributed by atoms with Gasteiger partial charge in [0.25, 0.3) is 5.91 Å². The topological polar surface area (TPSA) is 44.7 Å². The van der Waals surface area contributed by atoms with Crippen molar-refractivity contribution in [2.24, 2.45) is 4.99 Å². The van der Waals surface area contributed by atoms with Crippen molar-refractivity contribution in [2.45, 2.75) is 23.1 Å².